The second kappa shape index (κ2) is 3.82. The van der Waals surface area contributed by atoms with Gasteiger partial charge < -0.3 is 5.48 Å². The molecule has 0 aromatic rings. The Bertz CT molecular complexity index is 124. The zero-order valence-corrected chi connectivity index (χ0v) is 5.40. The largest absolute Gasteiger partial charge is 0.412 e. The van der Waals surface area contributed by atoms with E-state index in [1.807, 2.05) is 0 Å². The Kier molecular flexibility index (Phi) is 5.15. The highest BCUT2D eigenvalue weighted by molar-refractivity contribution is 7.85. The first-order chi connectivity index (χ1) is 3.06. The summed E-state index contributed by atoms with van der Waals surface area (Å²) < 4.78 is 27.6. The normalized spacial score (nSPS) is 10.2. The molecule has 0 fully saturated rings. The van der Waals surface area contributed by atoms with Crippen molar-refractivity contribution in [2.45, 2.75) is 13.3 Å². The van der Waals surface area contributed by atoms with Crippen LogP contribution in [-0.4, -0.2) is 24.2 Å². The van der Waals surface area contributed by atoms with Crippen molar-refractivity contribution in [3.8, 4) is 0 Å². The molecule has 3 N–H and O–H groups in total. The zero-order chi connectivity index (χ0) is 5.91. The van der Waals surface area contributed by atoms with Crippen molar-refractivity contribution in [1.82, 2.24) is 0 Å². The van der Waals surface area contributed by atoms with Gasteiger partial charge in [-0.1, -0.05) is 6.92 Å². The van der Waals surface area contributed by atoms with Crippen LogP contribution < -0.4 is 0 Å². The van der Waals surface area contributed by atoms with Crippen LogP contribution in [0.15, 0.2) is 0 Å². The third-order valence-corrected chi connectivity index (χ3v) is 1.39. The number of hydrogen-bond donors (Lipinski definition) is 1. The Hall–Kier alpha value is -0.130. The van der Waals surface area contributed by atoms with Gasteiger partial charge in [0, 0.05) is 0 Å². The van der Waals surface area contributed by atoms with Gasteiger partial charge in [-0.3, -0.25) is 4.55 Å². The van der Waals surface area contributed by atoms with E-state index < -0.39 is 10.1 Å². The smallest absolute Gasteiger partial charge is 0.264 e. The van der Waals surface area contributed by atoms with Gasteiger partial charge >= 0.3 is 0 Å². The summed E-state index contributed by atoms with van der Waals surface area (Å²) in [5.41, 5.74) is 0. The summed E-state index contributed by atoms with van der Waals surface area (Å²) in [5.74, 6) is -0.132. The summed E-state index contributed by atoms with van der Waals surface area (Å²) in [7, 11) is -3.67. The molecule has 0 atom stereocenters. The van der Waals surface area contributed by atoms with Crippen LogP contribution in [0.25, 0.3) is 0 Å². The molecule has 0 saturated heterocycles. The summed E-state index contributed by atoms with van der Waals surface area (Å²) in [5, 5.41) is 0. The van der Waals surface area contributed by atoms with Gasteiger partial charge in [-0.2, -0.15) is 8.42 Å². The van der Waals surface area contributed by atoms with Gasteiger partial charge in [0.1, 0.15) is 0 Å². The Morgan fingerprint density at radius 2 is 1.88 bits per heavy atom. The molecule has 0 spiro atoms. The second-order valence-corrected chi connectivity index (χ2v) is 2.86. The lowest BCUT2D eigenvalue weighted by atomic mass is 10.6. The van der Waals surface area contributed by atoms with Crippen LogP contribution in [0.2, 0.25) is 0 Å². The molecule has 8 heavy (non-hydrogen) atoms. The molecule has 0 unspecified atom stereocenters. The molecule has 0 heterocycles. The molecule has 0 aliphatic rings. The van der Waals surface area contributed by atoms with Gasteiger partial charge in [-0.05, 0) is 6.42 Å². The van der Waals surface area contributed by atoms with Crippen LogP contribution in [-0.2, 0) is 10.1 Å². The fourth-order valence-electron chi connectivity index (χ4n) is 0.258. The molecule has 0 aliphatic heterocycles. The van der Waals surface area contributed by atoms with Gasteiger partial charge in [0.2, 0.25) is 0 Å². The molecule has 5 heteroatoms. The predicted octanol–water partition coefficient (Wildman–Crippen LogP) is -0.540. The summed E-state index contributed by atoms with van der Waals surface area (Å²) in [6.45, 7) is 1.69. The van der Waals surface area contributed by atoms with E-state index in [0.29, 0.717) is 6.42 Å². The van der Waals surface area contributed by atoms with E-state index in [4.69, 9.17) is 4.55 Å². The van der Waals surface area contributed by atoms with E-state index in [-0.39, 0.29) is 11.2 Å². The van der Waals surface area contributed by atoms with Crippen molar-refractivity contribution >= 4 is 10.1 Å². The summed E-state index contributed by atoms with van der Waals surface area (Å²) >= 11 is 0. The second-order valence-electron chi connectivity index (χ2n) is 1.29. The molecule has 0 saturated carbocycles. The zero-order valence-electron chi connectivity index (χ0n) is 4.59. The maximum absolute atomic E-state index is 9.79. The summed E-state index contributed by atoms with van der Waals surface area (Å²) in [6, 6.07) is 0. The van der Waals surface area contributed by atoms with Crippen molar-refractivity contribution in [2.75, 3.05) is 5.75 Å². The van der Waals surface area contributed by atoms with Crippen molar-refractivity contribution in [1.29, 1.82) is 0 Å². The third kappa shape index (κ3) is 9.30. The quantitative estimate of drug-likeness (QED) is 0.525. The average Bonchev–Trinajstić information content (AvgIpc) is 1.30. The fourth-order valence-corrected chi connectivity index (χ4v) is 0.774. The summed E-state index contributed by atoms with van der Waals surface area (Å²) in [4.78, 5) is 0. The first-order valence-electron chi connectivity index (χ1n) is 2.01. The van der Waals surface area contributed by atoms with E-state index in [9.17, 15) is 8.42 Å². The molecule has 0 bridgehead atoms. The van der Waals surface area contributed by atoms with Crippen LogP contribution in [0.5, 0.6) is 0 Å². The molecule has 0 amide bonds. The lowest BCUT2D eigenvalue weighted by Gasteiger charge is -1.85. The maximum Gasteiger partial charge on any atom is 0.264 e. The molecular formula is C3H10O4S. The Labute approximate surface area is 48.6 Å². The molecule has 0 aliphatic carbocycles. The van der Waals surface area contributed by atoms with Crippen molar-refractivity contribution < 1.29 is 18.4 Å². The van der Waals surface area contributed by atoms with E-state index >= 15 is 0 Å². The van der Waals surface area contributed by atoms with Crippen LogP contribution in [0, 0.1) is 0 Å². The van der Waals surface area contributed by atoms with Crippen LogP contribution in [0.1, 0.15) is 13.3 Å². The Balaban J connectivity index is 0. The summed E-state index contributed by atoms with van der Waals surface area (Å²) in [6.07, 6.45) is 0.471. The van der Waals surface area contributed by atoms with Gasteiger partial charge in [0.15, 0.2) is 0 Å². The van der Waals surface area contributed by atoms with Gasteiger partial charge in [0.05, 0.1) is 5.75 Å². The third-order valence-electron chi connectivity index (χ3n) is 0.462. The van der Waals surface area contributed by atoms with E-state index in [2.05, 4.69) is 0 Å². The molecule has 0 aromatic carbocycles. The first kappa shape index (κ1) is 10.8. The van der Waals surface area contributed by atoms with Crippen molar-refractivity contribution in [2.24, 2.45) is 0 Å². The van der Waals surface area contributed by atoms with E-state index in [0.717, 1.165) is 0 Å². The van der Waals surface area contributed by atoms with Crippen LogP contribution >= 0.6 is 0 Å². The highest BCUT2D eigenvalue weighted by Gasteiger charge is 1.98. The Morgan fingerprint density at radius 1 is 1.50 bits per heavy atom. The van der Waals surface area contributed by atoms with Crippen LogP contribution in [0.4, 0.5) is 0 Å². The SMILES string of the molecule is CCCS(=O)(=O)O.O. The highest BCUT2D eigenvalue weighted by Crippen LogP contribution is 1.83. The lowest BCUT2D eigenvalue weighted by molar-refractivity contribution is 0.482. The van der Waals surface area contributed by atoms with Crippen molar-refractivity contribution in [3.63, 3.8) is 0 Å². The van der Waals surface area contributed by atoms with Crippen LogP contribution in [0.3, 0.4) is 0 Å². The van der Waals surface area contributed by atoms with Gasteiger partial charge in [0.25, 0.3) is 10.1 Å². The molecule has 0 rings (SSSR count). The van der Waals surface area contributed by atoms with Gasteiger partial charge in [-0.15, -0.1) is 0 Å². The monoisotopic (exact) mass is 142 g/mol. The van der Waals surface area contributed by atoms with Gasteiger partial charge in [-0.25, -0.2) is 0 Å². The number of rotatable bonds is 2. The molecular weight excluding hydrogens is 132 g/mol. The minimum atomic E-state index is -3.67. The highest BCUT2D eigenvalue weighted by atomic mass is 32.2. The number of hydrogen-bond acceptors (Lipinski definition) is 2. The maximum atomic E-state index is 9.79. The average molecular weight is 142 g/mol. The molecule has 0 radical (unpaired) electrons. The minimum absolute atomic E-state index is 0. The lowest BCUT2D eigenvalue weighted by Crippen LogP contribution is -2.01. The molecule has 52 valence electrons. The minimum Gasteiger partial charge on any atom is -0.412 e. The molecule has 0 aromatic heterocycles. The predicted molar refractivity (Wildman–Crippen MR) is 30.3 cm³/mol. The molecule has 4 nitrogen and oxygen atoms in total. The Morgan fingerprint density at radius 3 is 1.88 bits per heavy atom. The topological polar surface area (TPSA) is 85.9 Å². The fraction of sp³-hybridized carbons (Fsp3) is 1.00. The van der Waals surface area contributed by atoms with Crippen molar-refractivity contribution in [3.05, 3.63) is 0 Å². The first-order valence-corrected chi connectivity index (χ1v) is 3.62. The van der Waals surface area contributed by atoms with E-state index in [1.54, 1.807) is 6.92 Å². The standard InChI is InChI=1S/C3H8O3S.H2O/c1-2-3-7(4,5)6;/h2-3H2,1H3,(H,4,5,6);1H2. The van der Waals surface area contributed by atoms with E-state index in [1.165, 1.54) is 0 Å².